The summed E-state index contributed by atoms with van der Waals surface area (Å²) in [7, 11) is 0. The number of fused-ring (bicyclic) bond motifs is 3. The van der Waals surface area contributed by atoms with Crippen molar-refractivity contribution in [1.29, 1.82) is 0 Å². The minimum Gasteiger partial charge on any atom is -0.0764 e. The smallest absolute Gasteiger partial charge is 0.00274 e. The van der Waals surface area contributed by atoms with Crippen molar-refractivity contribution in [2.45, 2.75) is 44.9 Å². The van der Waals surface area contributed by atoms with Gasteiger partial charge in [-0.15, -0.1) is 0 Å². The molecule has 1 heteroatoms. The molecule has 16 heavy (non-hydrogen) atoms. The van der Waals surface area contributed by atoms with Crippen molar-refractivity contribution >= 4 is 6.08 Å². The van der Waals surface area contributed by atoms with Gasteiger partial charge in [0, 0.05) is 31.8 Å². The van der Waals surface area contributed by atoms with Gasteiger partial charge in [-0.1, -0.05) is 31.2 Å². The molecule has 1 aromatic carbocycles. The van der Waals surface area contributed by atoms with Crippen LogP contribution in [0.1, 0.15) is 54.4 Å². The first-order chi connectivity index (χ1) is 7.40. The third kappa shape index (κ3) is 1.88. The summed E-state index contributed by atoms with van der Waals surface area (Å²) in [6, 6.07) is 4.68. The first-order valence-electron chi connectivity index (χ1n) is 6.23. The molecule has 2 aliphatic carbocycles. The number of aryl methyl sites for hydroxylation is 1. The van der Waals surface area contributed by atoms with Crippen LogP contribution in [-0.2, 0) is 38.7 Å². The second-order valence-electron chi connectivity index (χ2n) is 4.79. The largest absolute Gasteiger partial charge is 0.0764 e. The third-order valence-corrected chi connectivity index (χ3v) is 3.93. The van der Waals surface area contributed by atoms with Gasteiger partial charge in [0.2, 0.25) is 0 Å². The molecule has 82 valence electrons. The van der Waals surface area contributed by atoms with E-state index in [1.807, 2.05) is 0 Å². The Hall–Kier alpha value is -0.170. The van der Waals surface area contributed by atoms with Crippen molar-refractivity contribution in [3.05, 3.63) is 40.5 Å². The number of hydrogen-bond acceptors (Lipinski definition) is 0. The van der Waals surface area contributed by atoms with E-state index in [-0.39, 0.29) is 25.8 Å². The second-order valence-corrected chi connectivity index (χ2v) is 4.79. The molecule has 1 atom stereocenters. The van der Waals surface area contributed by atoms with Crippen molar-refractivity contribution in [3.63, 3.8) is 0 Å². The minimum absolute atomic E-state index is 0. The quantitative estimate of drug-likeness (QED) is 0.648. The van der Waals surface area contributed by atoms with E-state index < -0.39 is 0 Å². The van der Waals surface area contributed by atoms with Crippen molar-refractivity contribution in [2.75, 3.05) is 0 Å². The predicted octanol–water partition coefficient (Wildman–Crippen LogP) is 4.08. The summed E-state index contributed by atoms with van der Waals surface area (Å²) >= 11 is 0. The van der Waals surface area contributed by atoms with E-state index in [1.54, 1.807) is 16.7 Å². The van der Waals surface area contributed by atoms with Gasteiger partial charge in [0.15, 0.2) is 0 Å². The first-order valence-corrected chi connectivity index (χ1v) is 6.23. The number of benzene rings is 1. The van der Waals surface area contributed by atoms with Crippen molar-refractivity contribution < 1.29 is 25.8 Å². The molecule has 0 radical (unpaired) electrons. The van der Waals surface area contributed by atoms with E-state index >= 15 is 0 Å². The maximum Gasteiger partial charge on any atom is 0.00274 e. The second kappa shape index (κ2) is 5.00. The van der Waals surface area contributed by atoms with Crippen LogP contribution >= 0.6 is 0 Å². The van der Waals surface area contributed by atoms with Crippen LogP contribution in [0.5, 0.6) is 0 Å². The first kappa shape index (κ1) is 12.3. The Bertz CT molecular complexity index is 418. The topological polar surface area (TPSA) is 0 Å². The summed E-state index contributed by atoms with van der Waals surface area (Å²) < 4.78 is 0. The Labute approximate surface area is 117 Å². The molecule has 1 aromatic rings. The van der Waals surface area contributed by atoms with E-state index in [9.17, 15) is 0 Å². The molecule has 3 rings (SSSR count). The maximum atomic E-state index is 2.39. The number of hydrogen-bond donors (Lipinski definition) is 0. The van der Waals surface area contributed by atoms with Gasteiger partial charge in [-0.25, -0.2) is 0 Å². The molecule has 0 bridgehead atoms. The van der Waals surface area contributed by atoms with Crippen LogP contribution in [0, 0.1) is 0 Å². The Morgan fingerprint density at radius 1 is 1.19 bits per heavy atom. The standard InChI is InChI=1S/C15H18.Hf/c1-2-11-7-9-13-10-8-12-5-3-4-6-14(12)15(11)13;/h7-11H,2-6H2,1H3;. The molecule has 1 unspecified atom stereocenters. The van der Waals surface area contributed by atoms with Crippen LogP contribution in [0.4, 0.5) is 0 Å². The van der Waals surface area contributed by atoms with Gasteiger partial charge in [0.1, 0.15) is 0 Å². The zero-order valence-corrected chi connectivity index (χ0v) is 13.5. The van der Waals surface area contributed by atoms with Crippen LogP contribution in [0.15, 0.2) is 18.2 Å². The van der Waals surface area contributed by atoms with E-state index in [2.05, 4.69) is 31.2 Å². The molecule has 0 N–H and O–H groups in total. The molecule has 0 saturated carbocycles. The third-order valence-electron chi connectivity index (χ3n) is 3.93. The summed E-state index contributed by atoms with van der Waals surface area (Å²) in [6.45, 7) is 2.30. The van der Waals surface area contributed by atoms with E-state index in [4.69, 9.17) is 0 Å². The van der Waals surface area contributed by atoms with Gasteiger partial charge in [-0.3, -0.25) is 0 Å². The van der Waals surface area contributed by atoms with Crippen molar-refractivity contribution in [3.8, 4) is 0 Å². The summed E-state index contributed by atoms with van der Waals surface area (Å²) in [5, 5.41) is 0. The van der Waals surface area contributed by atoms with Crippen LogP contribution in [0.2, 0.25) is 0 Å². The molecular formula is C15H18Hf. The zero-order valence-electron chi connectivity index (χ0n) is 9.92. The number of rotatable bonds is 1. The molecule has 0 aliphatic heterocycles. The Balaban J connectivity index is 0.000000963. The van der Waals surface area contributed by atoms with Gasteiger partial charge in [-0.05, 0) is 54.4 Å². The van der Waals surface area contributed by atoms with Crippen LogP contribution in [-0.4, -0.2) is 0 Å². The molecule has 0 aromatic heterocycles. The summed E-state index contributed by atoms with van der Waals surface area (Å²) in [5.74, 6) is 0.702. The summed E-state index contributed by atoms with van der Waals surface area (Å²) in [5.41, 5.74) is 6.47. The van der Waals surface area contributed by atoms with Crippen LogP contribution < -0.4 is 0 Å². The molecule has 2 aliphatic rings. The molecule has 0 heterocycles. The molecule has 0 spiro atoms. The minimum atomic E-state index is 0. The fraction of sp³-hybridized carbons (Fsp3) is 0.467. The Morgan fingerprint density at radius 3 is 2.81 bits per heavy atom. The number of allylic oxidation sites excluding steroid dienone is 1. The van der Waals surface area contributed by atoms with Crippen LogP contribution in [0.25, 0.3) is 6.08 Å². The van der Waals surface area contributed by atoms with Gasteiger partial charge < -0.3 is 0 Å². The monoisotopic (exact) mass is 378 g/mol. The summed E-state index contributed by atoms with van der Waals surface area (Å²) in [4.78, 5) is 0. The van der Waals surface area contributed by atoms with Crippen molar-refractivity contribution in [2.24, 2.45) is 0 Å². The van der Waals surface area contributed by atoms with E-state index in [0.717, 1.165) is 0 Å². The SMILES string of the molecule is CCC1C=Cc2ccc3c(c21)CCCC3.[Hf]. The van der Waals surface area contributed by atoms with E-state index in [1.165, 1.54) is 37.7 Å². The fourth-order valence-electron chi connectivity index (χ4n) is 3.11. The van der Waals surface area contributed by atoms with Crippen LogP contribution in [0.3, 0.4) is 0 Å². The molecule has 0 fully saturated rings. The predicted molar refractivity (Wildman–Crippen MR) is 65.2 cm³/mol. The average molecular weight is 377 g/mol. The Morgan fingerprint density at radius 2 is 2.00 bits per heavy atom. The molecular weight excluding hydrogens is 359 g/mol. The Kier molecular flexibility index (Phi) is 3.84. The van der Waals surface area contributed by atoms with Crippen molar-refractivity contribution in [1.82, 2.24) is 0 Å². The summed E-state index contributed by atoms with van der Waals surface area (Å²) in [6.07, 6.45) is 11.4. The normalized spacial score (nSPS) is 21.2. The van der Waals surface area contributed by atoms with Gasteiger partial charge in [0.05, 0.1) is 0 Å². The molecule has 0 amide bonds. The molecule has 0 saturated heterocycles. The molecule has 0 nitrogen and oxygen atoms in total. The van der Waals surface area contributed by atoms with E-state index in [0.29, 0.717) is 5.92 Å². The fourth-order valence-corrected chi connectivity index (χ4v) is 3.11. The zero-order chi connectivity index (χ0) is 10.3. The van der Waals surface area contributed by atoms with Gasteiger partial charge >= 0.3 is 0 Å². The average Bonchev–Trinajstić information content (AvgIpc) is 2.72. The van der Waals surface area contributed by atoms with Gasteiger partial charge in [0.25, 0.3) is 0 Å². The maximum absolute atomic E-state index is 2.39. The van der Waals surface area contributed by atoms with Gasteiger partial charge in [-0.2, -0.15) is 0 Å².